The summed E-state index contributed by atoms with van der Waals surface area (Å²) in [6, 6.07) is 23.8. The third-order valence-electron chi connectivity index (χ3n) is 9.18. The lowest BCUT2D eigenvalue weighted by Crippen LogP contribution is -2.27. The second-order valence-electron chi connectivity index (χ2n) is 12.7. The molecule has 0 heterocycles. The molecule has 0 radical (unpaired) electrons. The molecule has 0 spiro atoms. The molecule has 1 heteroatoms. The van der Waals surface area contributed by atoms with Gasteiger partial charge in [0, 0.05) is 0 Å². The first-order valence-electron chi connectivity index (χ1n) is 15.6. The molecule has 3 aromatic carbocycles. The smallest absolute Gasteiger partial charge is 0.0101 e. The first-order chi connectivity index (χ1) is 18.4. The highest BCUT2D eigenvalue weighted by molar-refractivity contribution is 7.67. The van der Waals surface area contributed by atoms with Gasteiger partial charge in [-0.2, -0.15) is 0 Å². The van der Waals surface area contributed by atoms with Crippen LogP contribution in [0.3, 0.4) is 0 Å². The Morgan fingerprint density at radius 3 is 1.68 bits per heavy atom. The predicted molar refractivity (Wildman–Crippen MR) is 171 cm³/mol. The van der Waals surface area contributed by atoms with Gasteiger partial charge >= 0.3 is 0 Å². The lowest BCUT2D eigenvalue weighted by Gasteiger charge is -2.40. The minimum absolute atomic E-state index is 0.156. The molecule has 5 rings (SSSR count). The van der Waals surface area contributed by atoms with Crippen LogP contribution in [0.2, 0.25) is 0 Å². The van der Waals surface area contributed by atoms with Crippen LogP contribution in [0.4, 0.5) is 0 Å². The van der Waals surface area contributed by atoms with Crippen LogP contribution in [-0.4, -0.2) is 11.3 Å². The van der Waals surface area contributed by atoms with Crippen molar-refractivity contribution in [1.82, 2.24) is 0 Å². The summed E-state index contributed by atoms with van der Waals surface area (Å²) in [6.45, 7) is 11.8. The van der Waals surface area contributed by atoms with Crippen molar-refractivity contribution >= 4 is 13.2 Å². The van der Waals surface area contributed by atoms with Gasteiger partial charge in [0.15, 0.2) is 0 Å². The zero-order valence-corrected chi connectivity index (χ0v) is 25.5. The third kappa shape index (κ3) is 5.97. The van der Waals surface area contributed by atoms with E-state index in [1.165, 1.54) is 92.0 Å². The summed E-state index contributed by atoms with van der Waals surface area (Å²) in [6.07, 6.45) is 14.5. The van der Waals surface area contributed by atoms with E-state index in [0.29, 0.717) is 11.8 Å². The summed E-state index contributed by atoms with van der Waals surface area (Å²) < 4.78 is 0. The summed E-state index contributed by atoms with van der Waals surface area (Å²) in [5, 5.41) is 1.73. The Bertz CT molecular complexity index is 1160. The quantitative estimate of drug-likeness (QED) is 0.270. The third-order valence-corrected chi connectivity index (χ3v) is 12.7. The highest BCUT2D eigenvalue weighted by atomic mass is 31.1. The monoisotopic (exact) mass is 524 g/mol. The molecule has 0 amide bonds. The molecule has 0 N–H and O–H groups in total. The van der Waals surface area contributed by atoms with Gasteiger partial charge in [-0.15, -0.1) is 0 Å². The summed E-state index contributed by atoms with van der Waals surface area (Å²) in [4.78, 5) is 0. The van der Waals surface area contributed by atoms with Crippen molar-refractivity contribution in [3.8, 4) is 22.3 Å². The van der Waals surface area contributed by atoms with Crippen molar-refractivity contribution in [2.45, 2.75) is 122 Å². The van der Waals surface area contributed by atoms with Crippen LogP contribution in [0.15, 0.2) is 60.7 Å². The number of hydrogen-bond acceptors (Lipinski definition) is 0. The molecule has 2 aliphatic carbocycles. The number of rotatable bonds is 7. The molecule has 2 fully saturated rings. The summed E-state index contributed by atoms with van der Waals surface area (Å²) in [7, 11) is -0.156. The lowest BCUT2D eigenvalue weighted by molar-refractivity contribution is 0.487. The van der Waals surface area contributed by atoms with Crippen molar-refractivity contribution in [1.29, 1.82) is 0 Å². The Kier molecular flexibility index (Phi) is 9.10. The molecule has 0 aliphatic heterocycles. The maximum absolute atomic E-state index is 2.56. The fraction of sp³-hybridized carbons (Fsp3) is 0.514. The predicted octanol–water partition coefficient (Wildman–Crippen LogP) is 11.3. The molecule has 0 saturated heterocycles. The minimum atomic E-state index is -0.156. The standard InChI is InChI=1S/C37H49P/c1-26(2)34-24-30(29-16-14-15-28(5)23-29)25-35(27(3)4)37(34)33-21-12-13-22-36(33)38(31-17-8-6-9-18-31)32-19-10-7-11-20-32/h12-16,21-27,31-32H,6-11,17-20H2,1-5H3. The van der Waals surface area contributed by atoms with Crippen molar-refractivity contribution in [2.75, 3.05) is 0 Å². The molecule has 0 aromatic heterocycles. The van der Waals surface area contributed by atoms with E-state index in [9.17, 15) is 0 Å². The van der Waals surface area contributed by atoms with Crippen LogP contribution >= 0.6 is 7.92 Å². The average molecular weight is 525 g/mol. The van der Waals surface area contributed by atoms with Gasteiger partial charge < -0.3 is 0 Å². The number of hydrogen-bond donors (Lipinski definition) is 0. The Balaban J connectivity index is 1.70. The highest BCUT2D eigenvalue weighted by Crippen LogP contribution is 2.56. The zero-order chi connectivity index (χ0) is 26.6. The molecule has 38 heavy (non-hydrogen) atoms. The van der Waals surface area contributed by atoms with E-state index in [0.717, 1.165) is 11.3 Å². The van der Waals surface area contributed by atoms with E-state index in [4.69, 9.17) is 0 Å². The zero-order valence-electron chi connectivity index (χ0n) is 24.6. The summed E-state index contributed by atoms with van der Waals surface area (Å²) >= 11 is 0. The van der Waals surface area contributed by atoms with Crippen LogP contribution in [-0.2, 0) is 0 Å². The van der Waals surface area contributed by atoms with E-state index >= 15 is 0 Å². The molecule has 202 valence electrons. The van der Waals surface area contributed by atoms with E-state index in [1.807, 2.05) is 0 Å². The molecule has 0 atom stereocenters. The van der Waals surface area contributed by atoms with Gasteiger partial charge in [-0.05, 0) is 94.4 Å². The van der Waals surface area contributed by atoms with Crippen LogP contribution in [0.5, 0.6) is 0 Å². The molecule has 3 aromatic rings. The van der Waals surface area contributed by atoms with Gasteiger partial charge in [-0.3, -0.25) is 0 Å². The average Bonchev–Trinajstić information content (AvgIpc) is 2.94. The number of aryl methyl sites for hydroxylation is 1. The highest BCUT2D eigenvalue weighted by Gasteiger charge is 2.34. The van der Waals surface area contributed by atoms with Crippen LogP contribution in [0.1, 0.15) is 120 Å². The van der Waals surface area contributed by atoms with Crippen molar-refractivity contribution in [2.24, 2.45) is 0 Å². The fourth-order valence-corrected chi connectivity index (χ4v) is 11.2. The van der Waals surface area contributed by atoms with E-state index in [-0.39, 0.29) is 7.92 Å². The Hall–Kier alpha value is -1.91. The number of benzene rings is 3. The van der Waals surface area contributed by atoms with E-state index in [1.54, 1.807) is 16.4 Å². The first kappa shape index (κ1) is 27.6. The van der Waals surface area contributed by atoms with Gasteiger partial charge in [0.1, 0.15) is 0 Å². The topological polar surface area (TPSA) is 0 Å². The SMILES string of the molecule is Cc1cccc(-c2cc(C(C)C)c(-c3ccccc3P(C3CCCCC3)C3CCCCC3)c(C(C)C)c2)c1. The van der Waals surface area contributed by atoms with Crippen LogP contribution in [0, 0.1) is 6.92 Å². The maximum Gasteiger partial charge on any atom is -0.0101 e. The van der Waals surface area contributed by atoms with Gasteiger partial charge in [-0.1, -0.05) is 140 Å². The summed E-state index contributed by atoms with van der Waals surface area (Å²) in [5.41, 5.74) is 12.1. The van der Waals surface area contributed by atoms with Crippen LogP contribution in [0.25, 0.3) is 22.3 Å². The lowest BCUT2D eigenvalue weighted by atomic mass is 9.82. The Labute approximate surface area is 234 Å². The minimum Gasteiger partial charge on any atom is -0.0683 e. The van der Waals surface area contributed by atoms with Crippen molar-refractivity contribution < 1.29 is 0 Å². The second kappa shape index (κ2) is 12.5. The van der Waals surface area contributed by atoms with Crippen LogP contribution < -0.4 is 5.30 Å². The second-order valence-corrected chi connectivity index (χ2v) is 15.5. The van der Waals surface area contributed by atoms with Gasteiger partial charge in [0.2, 0.25) is 0 Å². The summed E-state index contributed by atoms with van der Waals surface area (Å²) in [5.74, 6) is 0.965. The largest absolute Gasteiger partial charge is 0.0683 e. The molecular weight excluding hydrogens is 475 g/mol. The Morgan fingerprint density at radius 2 is 1.16 bits per heavy atom. The molecule has 2 aliphatic rings. The molecule has 2 saturated carbocycles. The molecule has 0 unspecified atom stereocenters. The van der Waals surface area contributed by atoms with E-state index in [2.05, 4.69) is 95.3 Å². The Morgan fingerprint density at radius 1 is 0.605 bits per heavy atom. The van der Waals surface area contributed by atoms with Crippen molar-refractivity contribution in [3.05, 3.63) is 77.4 Å². The fourth-order valence-electron chi connectivity index (χ4n) is 7.22. The first-order valence-corrected chi connectivity index (χ1v) is 17.0. The van der Waals surface area contributed by atoms with Gasteiger partial charge in [-0.25, -0.2) is 0 Å². The molecule has 0 bridgehead atoms. The maximum atomic E-state index is 2.56. The molecule has 0 nitrogen and oxygen atoms in total. The van der Waals surface area contributed by atoms with Gasteiger partial charge in [0.25, 0.3) is 0 Å². The van der Waals surface area contributed by atoms with E-state index < -0.39 is 0 Å². The van der Waals surface area contributed by atoms with Crippen molar-refractivity contribution in [3.63, 3.8) is 0 Å². The molecular formula is C37H49P. The van der Waals surface area contributed by atoms with Gasteiger partial charge in [0.05, 0.1) is 0 Å². The normalized spacial score (nSPS) is 17.6.